The lowest BCUT2D eigenvalue weighted by molar-refractivity contribution is -0.144. The van der Waals surface area contributed by atoms with Gasteiger partial charge in [0.15, 0.2) is 0 Å². The van der Waals surface area contributed by atoms with E-state index in [1.807, 2.05) is 12.1 Å². The average Bonchev–Trinajstić information content (AvgIpc) is 3.27. The van der Waals surface area contributed by atoms with Crippen LogP contribution in [0, 0.1) is 5.92 Å². The molecule has 1 heterocycles. The highest BCUT2D eigenvalue weighted by Gasteiger charge is 2.41. The van der Waals surface area contributed by atoms with Crippen LogP contribution in [0.3, 0.4) is 0 Å². The molecule has 0 spiro atoms. The molecule has 0 aromatic heterocycles. The van der Waals surface area contributed by atoms with Gasteiger partial charge < -0.3 is 9.80 Å². The molecule has 1 aromatic carbocycles. The van der Waals surface area contributed by atoms with E-state index in [0.29, 0.717) is 23.1 Å². The molecule has 1 atom stereocenters. The van der Waals surface area contributed by atoms with Crippen LogP contribution in [0.4, 0.5) is 0 Å². The fourth-order valence-corrected chi connectivity index (χ4v) is 3.49. The number of amides is 2. The smallest absolute Gasteiger partial charge is 0.245 e. The van der Waals surface area contributed by atoms with Gasteiger partial charge in [0.05, 0.1) is 10.0 Å². The molecular formula is C17H20Cl2N2O2. The number of halogens is 2. The topological polar surface area (TPSA) is 40.6 Å². The quantitative estimate of drug-likeness (QED) is 0.831. The molecule has 6 heteroatoms. The van der Waals surface area contributed by atoms with Gasteiger partial charge in [-0.3, -0.25) is 9.59 Å². The van der Waals surface area contributed by atoms with Crippen molar-refractivity contribution in [3.63, 3.8) is 0 Å². The lowest BCUT2D eigenvalue weighted by atomic mass is 10.1. The van der Waals surface area contributed by atoms with Crippen molar-refractivity contribution in [2.24, 2.45) is 5.92 Å². The van der Waals surface area contributed by atoms with E-state index < -0.39 is 0 Å². The van der Waals surface area contributed by atoms with E-state index in [2.05, 4.69) is 0 Å². The molecule has 1 saturated heterocycles. The number of carbonyl (C=O) groups is 2. The predicted molar refractivity (Wildman–Crippen MR) is 90.4 cm³/mol. The fraction of sp³-hybridized carbons (Fsp3) is 0.529. The Kier molecular flexibility index (Phi) is 4.83. The molecule has 1 saturated carbocycles. The molecule has 1 aromatic rings. The molecule has 0 N–H and O–H groups in total. The van der Waals surface area contributed by atoms with Gasteiger partial charge in [0.2, 0.25) is 11.8 Å². The Labute approximate surface area is 146 Å². The highest BCUT2D eigenvalue weighted by Crippen LogP contribution is 2.34. The first-order valence-corrected chi connectivity index (χ1v) is 8.73. The Balaban J connectivity index is 1.69. The van der Waals surface area contributed by atoms with Crippen LogP contribution in [0.25, 0.3) is 0 Å². The number of likely N-dealkylation sites (tertiary alicyclic amines) is 1. The third-order valence-electron chi connectivity index (χ3n) is 4.56. The zero-order valence-electron chi connectivity index (χ0n) is 13.1. The molecular weight excluding hydrogens is 335 g/mol. The average molecular weight is 355 g/mol. The summed E-state index contributed by atoms with van der Waals surface area (Å²) < 4.78 is 0. The molecule has 4 nitrogen and oxygen atoms in total. The van der Waals surface area contributed by atoms with Gasteiger partial charge in [0, 0.05) is 26.1 Å². The van der Waals surface area contributed by atoms with E-state index >= 15 is 0 Å². The van der Waals surface area contributed by atoms with Gasteiger partial charge in [-0.05, 0) is 37.3 Å². The minimum atomic E-state index is -0.328. The largest absolute Gasteiger partial charge is 0.340 e. The molecule has 0 bridgehead atoms. The SMILES string of the molecule is CN(Cc1cccc(Cl)c1Cl)C(=O)C1CCCN1C(=O)C1CC1. The van der Waals surface area contributed by atoms with E-state index in [9.17, 15) is 9.59 Å². The van der Waals surface area contributed by atoms with E-state index in [1.165, 1.54) is 0 Å². The molecule has 1 aliphatic heterocycles. The maximum absolute atomic E-state index is 12.8. The minimum Gasteiger partial charge on any atom is -0.340 e. The Morgan fingerprint density at radius 3 is 2.70 bits per heavy atom. The molecule has 0 radical (unpaired) electrons. The summed E-state index contributed by atoms with van der Waals surface area (Å²) in [4.78, 5) is 28.5. The molecule has 2 fully saturated rings. The molecule has 2 aliphatic rings. The van der Waals surface area contributed by atoms with E-state index in [0.717, 1.165) is 31.2 Å². The van der Waals surface area contributed by atoms with Crippen LogP contribution in [0.5, 0.6) is 0 Å². The van der Waals surface area contributed by atoms with E-state index in [-0.39, 0.29) is 23.8 Å². The van der Waals surface area contributed by atoms with Gasteiger partial charge in [-0.25, -0.2) is 0 Å². The monoisotopic (exact) mass is 354 g/mol. The molecule has 1 unspecified atom stereocenters. The van der Waals surface area contributed by atoms with Crippen LogP contribution < -0.4 is 0 Å². The zero-order chi connectivity index (χ0) is 16.6. The molecule has 23 heavy (non-hydrogen) atoms. The Hall–Kier alpha value is -1.26. The number of carbonyl (C=O) groups excluding carboxylic acids is 2. The summed E-state index contributed by atoms with van der Waals surface area (Å²) in [5.74, 6) is 0.277. The third kappa shape index (κ3) is 3.48. The summed E-state index contributed by atoms with van der Waals surface area (Å²) in [7, 11) is 1.75. The van der Waals surface area contributed by atoms with Gasteiger partial charge in [0.25, 0.3) is 0 Å². The standard InChI is InChI=1S/C17H20Cl2N2O2/c1-20(10-12-4-2-5-13(18)15(12)19)17(23)14-6-3-9-21(14)16(22)11-7-8-11/h2,4-5,11,14H,3,6-10H2,1H3. The van der Waals surface area contributed by atoms with Crippen molar-refractivity contribution in [3.8, 4) is 0 Å². The Morgan fingerprint density at radius 1 is 1.26 bits per heavy atom. The second-order valence-electron chi connectivity index (χ2n) is 6.37. The van der Waals surface area contributed by atoms with Crippen LogP contribution in [0.2, 0.25) is 10.0 Å². The summed E-state index contributed by atoms with van der Waals surface area (Å²) in [6.45, 7) is 1.08. The second kappa shape index (κ2) is 6.70. The molecule has 2 amide bonds. The van der Waals surface area contributed by atoms with Crippen molar-refractivity contribution in [2.75, 3.05) is 13.6 Å². The summed E-state index contributed by atoms with van der Waals surface area (Å²) in [6, 6.07) is 5.08. The fourth-order valence-electron chi connectivity index (χ4n) is 3.11. The van der Waals surface area contributed by atoms with Gasteiger partial charge in [-0.15, -0.1) is 0 Å². The first kappa shape index (κ1) is 16.6. The summed E-state index contributed by atoms with van der Waals surface area (Å²) in [5, 5.41) is 0.961. The van der Waals surface area contributed by atoms with Crippen LogP contribution >= 0.6 is 23.2 Å². The summed E-state index contributed by atoms with van der Waals surface area (Å²) >= 11 is 12.2. The lowest BCUT2D eigenvalue weighted by Crippen LogP contribution is -2.46. The molecule has 3 rings (SSSR count). The van der Waals surface area contributed by atoms with Crippen molar-refractivity contribution in [1.82, 2.24) is 9.80 Å². The zero-order valence-corrected chi connectivity index (χ0v) is 14.6. The Morgan fingerprint density at radius 2 is 2.00 bits per heavy atom. The third-order valence-corrected chi connectivity index (χ3v) is 5.42. The molecule has 124 valence electrons. The van der Waals surface area contributed by atoms with Crippen molar-refractivity contribution in [3.05, 3.63) is 33.8 Å². The summed E-state index contributed by atoms with van der Waals surface area (Å²) in [6.07, 6.45) is 3.56. The first-order chi connectivity index (χ1) is 11.0. The number of nitrogens with zero attached hydrogens (tertiary/aromatic N) is 2. The van der Waals surface area contributed by atoms with E-state index in [4.69, 9.17) is 23.2 Å². The second-order valence-corrected chi connectivity index (χ2v) is 7.16. The maximum Gasteiger partial charge on any atom is 0.245 e. The highest BCUT2D eigenvalue weighted by atomic mass is 35.5. The number of likely N-dealkylation sites (N-methyl/N-ethyl adjacent to an activating group) is 1. The first-order valence-electron chi connectivity index (χ1n) is 7.97. The minimum absolute atomic E-state index is 0.0208. The van der Waals surface area contributed by atoms with Crippen LogP contribution in [-0.4, -0.2) is 41.2 Å². The van der Waals surface area contributed by atoms with Crippen LogP contribution in [0.1, 0.15) is 31.2 Å². The predicted octanol–water partition coefficient (Wildman–Crippen LogP) is 3.35. The summed E-state index contributed by atoms with van der Waals surface area (Å²) in [5.41, 5.74) is 0.813. The number of benzene rings is 1. The normalized spacial score (nSPS) is 20.7. The van der Waals surface area contributed by atoms with Crippen LogP contribution in [0.15, 0.2) is 18.2 Å². The van der Waals surface area contributed by atoms with Gasteiger partial charge >= 0.3 is 0 Å². The Bertz CT molecular complexity index is 631. The maximum atomic E-state index is 12.8. The lowest BCUT2D eigenvalue weighted by Gasteiger charge is -2.28. The van der Waals surface area contributed by atoms with E-state index in [1.54, 1.807) is 22.9 Å². The molecule has 1 aliphatic carbocycles. The van der Waals surface area contributed by atoms with Crippen molar-refractivity contribution in [2.45, 2.75) is 38.3 Å². The number of hydrogen-bond acceptors (Lipinski definition) is 2. The number of rotatable bonds is 4. The van der Waals surface area contributed by atoms with Crippen molar-refractivity contribution < 1.29 is 9.59 Å². The van der Waals surface area contributed by atoms with Crippen LogP contribution in [-0.2, 0) is 16.1 Å². The van der Waals surface area contributed by atoms with Gasteiger partial charge in [-0.2, -0.15) is 0 Å². The van der Waals surface area contributed by atoms with Gasteiger partial charge in [0.1, 0.15) is 6.04 Å². The van der Waals surface area contributed by atoms with Crippen molar-refractivity contribution >= 4 is 35.0 Å². The van der Waals surface area contributed by atoms with Gasteiger partial charge in [-0.1, -0.05) is 35.3 Å². The number of hydrogen-bond donors (Lipinski definition) is 0. The highest BCUT2D eigenvalue weighted by molar-refractivity contribution is 6.42. The van der Waals surface area contributed by atoms with Crippen molar-refractivity contribution in [1.29, 1.82) is 0 Å².